The Bertz CT molecular complexity index is 1920. The molecule has 0 spiro atoms. The lowest BCUT2D eigenvalue weighted by Crippen LogP contribution is -2.42. The van der Waals surface area contributed by atoms with E-state index in [1.165, 1.54) is 16.4 Å². The number of hydrogen-bond acceptors (Lipinski definition) is 6. The molecule has 0 aliphatic carbocycles. The fourth-order valence-electron chi connectivity index (χ4n) is 5.96. The van der Waals surface area contributed by atoms with E-state index in [0.29, 0.717) is 53.9 Å². The second-order valence-corrected chi connectivity index (χ2v) is 14.4. The van der Waals surface area contributed by atoms with Crippen molar-refractivity contribution in [2.24, 2.45) is 0 Å². The zero-order valence-electron chi connectivity index (χ0n) is 25.9. The summed E-state index contributed by atoms with van der Waals surface area (Å²) < 4.78 is 28.4. The molecule has 1 amide bonds. The van der Waals surface area contributed by atoms with Crippen LogP contribution in [0.3, 0.4) is 0 Å². The summed E-state index contributed by atoms with van der Waals surface area (Å²) in [6, 6.07) is 28.1. The maximum atomic E-state index is 13.4. The van der Waals surface area contributed by atoms with E-state index in [1.54, 1.807) is 18.5 Å². The van der Waals surface area contributed by atoms with Crippen LogP contribution in [-0.4, -0.2) is 54.3 Å². The number of amides is 1. The molecule has 1 aliphatic rings. The number of nitrogens with zero attached hydrogens (tertiary/aromatic N) is 3. The van der Waals surface area contributed by atoms with Crippen LogP contribution in [0.5, 0.6) is 0 Å². The molecule has 242 valence electrons. The number of aromatic nitrogens is 2. The van der Waals surface area contributed by atoms with Crippen LogP contribution in [0.2, 0.25) is 10.0 Å². The van der Waals surface area contributed by atoms with Crippen molar-refractivity contribution in [2.75, 3.05) is 25.0 Å². The summed E-state index contributed by atoms with van der Waals surface area (Å²) in [7, 11) is -3.69. The van der Waals surface area contributed by atoms with Crippen molar-refractivity contribution in [3.05, 3.63) is 130 Å². The third kappa shape index (κ3) is 7.44. The molecule has 1 aromatic heterocycles. The first kappa shape index (κ1) is 32.9. The predicted molar refractivity (Wildman–Crippen MR) is 188 cm³/mol. The molecule has 47 heavy (non-hydrogen) atoms. The molecule has 5 aromatic rings. The molecule has 1 aliphatic heterocycles. The van der Waals surface area contributed by atoms with E-state index in [0.717, 1.165) is 34.0 Å². The van der Waals surface area contributed by atoms with Gasteiger partial charge < -0.3 is 10.6 Å². The lowest BCUT2D eigenvalue weighted by atomic mass is 9.84. The van der Waals surface area contributed by atoms with Gasteiger partial charge in [0.15, 0.2) is 0 Å². The number of sulfonamides is 1. The molecule has 11 heteroatoms. The van der Waals surface area contributed by atoms with Gasteiger partial charge in [-0.05, 0) is 96.6 Å². The standard InChI is InChI=1S/C36H35Cl2N5O3S/c1-2-19-39-36(44)26-7-14-31(15-8-26)47(45,46)43-20-17-30(18-21-43)42-35-32-22-27(9-16-33(32)40-23-41-35)34(24-3-10-28(37)11-4-24)25-5-12-29(38)13-6-25/h3-16,22-23,30,34H,2,17-21H2,1H3,(H,39,44)(H,40,41,42). The summed E-state index contributed by atoms with van der Waals surface area (Å²) in [4.78, 5) is 21.5. The minimum absolute atomic E-state index is 0.0242. The highest BCUT2D eigenvalue weighted by Crippen LogP contribution is 2.36. The largest absolute Gasteiger partial charge is 0.367 e. The van der Waals surface area contributed by atoms with Gasteiger partial charge in [-0.1, -0.05) is 60.5 Å². The average molecular weight is 689 g/mol. The third-order valence-corrected chi connectivity index (χ3v) is 10.9. The molecule has 1 saturated heterocycles. The smallest absolute Gasteiger partial charge is 0.251 e. The topological polar surface area (TPSA) is 104 Å². The first-order chi connectivity index (χ1) is 22.7. The summed E-state index contributed by atoms with van der Waals surface area (Å²) in [6.45, 7) is 3.27. The lowest BCUT2D eigenvalue weighted by Gasteiger charge is -2.32. The van der Waals surface area contributed by atoms with Gasteiger partial charge in [-0.3, -0.25) is 4.79 Å². The van der Waals surface area contributed by atoms with E-state index in [2.05, 4.69) is 32.7 Å². The van der Waals surface area contributed by atoms with Gasteiger partial charge in [-0.25, -0.2) is 18.4 Å². The summed E-state index contributed by atoms with van der Waals surface area (Å²) in [5.74, 6) is 0.425. The normalized spacial score (nSPS) is 14.4. The number of fused-ring (bicyclic) bond motifs is 1. The Labute approximate surface area is 285 Å². The second kappa shape index (κ2) is 14.4. The molecule has 4 aromatic carbocycles. The van der Waals surface area contributed by atoms with Gasteiger partial charge in [0.1, 0.15) is 12.1 Å². The van der Waals surface area contributed by atoms with Crippen molar-refractivity contribution in [3.63, 3.8) is 0 Å². The number of rotatable bonds is 10. The second-order valence-electron chi connectivity index (χ2n) is 11.6. The Balaban J connectivity index is 1.19. The quantitative estimate of drug-likeness (QED) is 0.147. The van der Waals surface area contributed by atoms with Crippen LogP contribution in [0, 0.1) is 0 Å². The van der Waals surface area contributed by atoms with E-state index >= 15 is 0 Å². The fraction of sp³-hybridized carbons (Fsp3) is 0.250. The maximum Gasteiger partial charge on any atom is 0.251 e. The molecule has 0 unspecified atom stereocenters. The molecule has 0 bridgehead atoms. The van der Waals surface area contributed by atoms with Crippen LogP contribution in [0.15, 0.2) is 102 Å². The van der Waals surface area contributed by atoms with Crippen molar-refractivity contribution >= 4 is 55.9 Å². The lowest BCUT2D eigenvalue weighted by molar-refractivity contribution is 0.0953. The van der Waals surface area contributed by atoms with E-state index in [4.69, 9.17) is 23.2 Å². The first-order valence-electron chi connectivity index (χ1n) is 15.6. The minimum Gasteiger partial charge on any atom is -0.367 e. The molecule has 2 heterocycles. The highest BCUT2D eigenvalue weighted by Gasteiger charge is 2.30. The van der Waals surface area contributed by atoms with E-state index < -0.39 is 10.0 Å². The molecular formula is C36H35Cl2N5O3S. The van der Waals surface area contributed by atoms with Crippen molar-refractivity contribution in [2.45, 2.75) is 43.0 Å². The number of hydrogen-bond donors (Lipinski definition) is 2. The van der Waals surface area contributed by atoms with Gasteiger partial charge in [-0.15, -0.1) is 0 Å². The zero-order valence-corrected chi connectivity index (χ0v) is 28.2. The SMILES string of the molecule is CCCNC(=O)c1ccc(S(=O)(=O)N2CCC(Nc3ncnc4ccc(C(c5ccc(Cl)cc5)c5ccc(Cl)cc5)cc34)CC2)cc1. The molecule has 2 N–H and O–H groups in total. The molecular weight excluding hydrogens is 653 g/mol. The predicted octanol–water partition coefficient (Wildman–Crippen LogP) is 7.52. The zero-order chi connectivity index (χ0) is 33.0. The van der Waals surface area contributed by atoms with Crippen molar-refractivity contribution in [1.29, 1.82) is 0 Å². The van der Waals surface area contributed by atoms with Gasteiger partial charge in [0.05, 0.1) is 10.4 Å². The number of piperidine rings is 1. The molecule has 0 saturated carbocycles. The van der Waals surface area contributed by atoms with Crippen LogP contribution in [0.4, 0.5) is 5.82 Å². The molecule has 6 rings (SSSR count). The molecule has 0 radical (unpaired) electrons. The number of nitrogens with one attached hydrogen (secondary N) is 2. The Kier molecular flexibility index (Phi) is 10.1. The van der Waals surface area contributed by atoms with Gasteiger partial charge >= 0.3 is 0 Å². The minimum atomic E-state index is -3.69. The van der Waals surface area contributed by atoms with Crippen molar-refractivity contribution in [3.8, 4) is 0 Å². The van der Waals surface area contributed by atoms with Gasteiger partial charge in [0, 0.05) is 52.6 Å². The van der Waals surface area contributed by atoms with Crippen LogP contribution >= 0.6 is 23.2 Å². The number of benzene rings is 4. The third-order valence-electron chi connectivity index (χ3n) is 8.48. The summed E-state index contributed by atoms with van der Waals surface area (Å²) in [5, 5.41) is 8.62. The van der Waals surface area contributed by atoms with Crippen LogP contribution < -0.4 is 10.6 Å². The van der Waals surface area contributed by atoms with E-state index in [-0.39, 0.29) is 22.8 Å². The maximum absolute atomic E-state index is 13.4. The molecule has 1 fully saturated rings. The monoisotopic (exact) mass is 687 g/mol. The number of anilines is 1. The van der Waals surface area contributed by atoms with Crippen molar-refractivity contribution < 1.29 is 13.2 Å². The van der Waals surface area contributed by atoms with Gasteiger partial charge in [-0.2, -0.15) is 4.31 Å². The highest BCUT2D eigenvalue weighted by atomic mass is 35.5. The van der Waals surface area contributed by atoms with Gasteiger partial charge in [0.25, 0.3) is 5.91 Å². The number of carbonyl (C=O) groups excluding carboxylic acids is 1. The molecule has 0 atom stereocenters. The van der Waals surface area contributed by atoms with Crippen LogP contribution in [0.1, 0.15) is 59.2 Å². The Morgan fingerprint density at radius 1 is 0.851 bits per heavy atom. The van der Waals surface area contributed by atoms with E-state index in [1.807, 2.05) is 61.5 Å². The Morgan fingerprint density at radius 2 is 1.45 bits per heavy atom. The van der Waals surface area contributed by atoms with Gasteiger partial charge in [0.2, 0.25) is 10.0 Å². The average Bonchev–Trinajstić information content (AvgIpc) is 3.09. The Hall–Kier alpha value is -4.02. The number of halogens is 2. The van der Waals surface area contributed by atoms with Crippen molar-refractivity contribution in [1.82, 2.24) is 19.6 Å². The van der Waals surface area contributed by atoms with E-state index in [9.17, 15) is 13.2 Å². The summed E-state index contributed by atoms with van der Waals surface area (Å²) in [6.07, 6.45) is 3.60. The summed E-state index contributed by atoms with van der Waals surface area (Å²) >= 11 is 12.4. The molecule has 8 nitrogen and oxygen atoms in total. The summed E-state index contributed by atoms with van der Waals surface area (Å²) in [5.41, 5.74) is 4.49. The van der Waals surface area contributed by atoms with Crippen LogP contribution in [0.25, 0.3) is 10.9 Å². The Morgan fingerprint density at radius 3 is 2.04 bits per heavy atom. The highest BCUT2D eigenvalue weighted by molar-refractivity contribution is 7.89. The number of carbonyl (C=O) groups is 1. The fourth-order valence-corrected chi connectivity index (χ4v) is 7.68. The first-order valence-corrected chi connectivity index (χ1v) is 17.8. The van der Waals surface area contributed by atoms with Crippen LogP contribution in [-0.2, 0) is 10.0 Å².